The summed E-state index contributed by atoms with van der Waals surface area (Å²) >= 11 is 0. The van der Waals surface area contributed by atoms with Crippen molar-refractivity contribution >= 4 is 11.4 Å². The van der Waals surface area contributed by atoms with Crippen molar-refractivity contribution in [3.05, 3.63) is 35.7 Å². The molecule has 0 atom stereocenters. The topological polar surface area (TPSA) is 38.0 Å². The second-order valence-electron chi connectivity index (χ2n) is 3.97. The van der Waals surface area contributed by atoms with E-state index in [0.717, 1.165) is 18.5 Å². The minimum Gasteiger partial charge on any atom is -0.397 e. The lowest BCUT2D eigenvalue weighted by Crippen LogP contribution is -2.16. The highest BCUT2D eigenvalue weighted by Crippen LogP contribution is 2.25. The minimum atomic E-state index is -0.248. The lowest BCUT2D eigenvalue weighted by atomic mass is 10.1. The first kappa shape index (κ1) is 10.0. The van der Waals surface area contributed by atoms with Crippen molar-refractivity contribution in [2.24, 2.45) is 0 Å². The van der Waals surface area contributed by atoms with Crippen molar-refractivity contribution in [2.45, 2.75) is 25.8 Å². The van der Waals surface area contributed by atoms with Gasteiger partial charge in [-0.25, -0.2) is 4.39 Å². The summed E-state index contributed by atoms with van der Waals surface area (Å²) in [5.41, 5.74) is 7.68. The van der Waals surface area contributed by atoms with Gasteiger partial charge in [0, 0.05) is 6.04 Å². The van der Waals surface area contributed by atoms with E-state index < -0.39 is 0 Å². The predicted molar refractivity (Wildman–Crippen MR) is 61.3 cm³/mol. The Morgan fingerprint density at radius 1 is 1.33 bits per heavy atom. The van der Waals surface area contributed by atoms with Crippen LogP contribution in [-0.2, 0) is 0 Å². The molecule has 2 nitrogen and oxygen atoms in total. The van der Waals surface area contributed by atoms with E-state index in [9.17, 15) is 4.39 Å². The summed E-state index contributed by atoms with van der Waals surface area (Å²) in [5, 5.41) is 3.32. The van der Waals surface area contributed by atoms with Gasteiger partial charge in [-0.1, -0.05) is 12.2 Å². The summed E-state index contributed by atoms with van der Waals surface area (Å²) in [4.78, 5) is 0. The summed E-state index contributed by atoms with van der Waals surface area (Å²) in [6, 6.07) is 3.54. The molecule has 1 aromatic carbocycles. The molecule has 1 aliphatic carbocycles. The van der Waals surface area contributed by atoms with Crippen molar-refractivity contribution in [1.82, 2.24) is 0 Å². The average Bonchev–Trinajstić information content (AvgIpc) is 2.67. The minimum absolute atomic E-state index is 0.248. The van der Waals surface area contributed by atoms with Crippen LogP contribution in [0.5, 0.6) is 0 Å². The SMILES string of the molecule is Cc1cc(NC2CC=CC2)c(N)cc1F. The van der Waals surface area contributed by atoms with Gasteiger partial charge in [-0.05, 0) is 37.5 Å². The van der Waals surface area contributed by atoms with Gasteiger partial charge in [-0.15, -0.1) is 0 Å². The first-order chi connectivity index (χ1) is 7.16. The van der Waals surface area contributed by atoms with Gasteiger partial charge in [0.05, 0.1) is 11.4 Å². The molecule has 15 heavy (non-hydrogen) atoms. The van der Waals surface area contributed by atoms with E-state index in [0.29, 0.717) is 17.3 Å². The van der Waals surface area contributed by atoms with E-state index in [4.69, 9.17) is 5.73 Å². The maximum Gasteiger partial charge on any atom is 0.128 e. The van der Waals surface area contributed by atoms with Crippen LogP contribution in [0.3, 0.4) is 0 Å². The van der Waals surface area contributed by atoms with Crippen LogP contribution >= 0.6 is 0 Å². The van der Waals surface area contributed by atoms with E-state index >= 15 is 0 Å². The van der Waals surface area contributed by atoms with Crippen LogP contribution in [0.15, 0.2) is 24.3 Å². The molecular weight excluding hydrogens is 191 g/mol. The van der Waals surface area contributed by atoms with Gasteiger partial charge in [-0.2, -0.15) is 0 Å². The Labute approximate surface area is 89.0 Å². The lowest BCUT2D eigenvalue weighted by Gasteiger charge is -2.16. The lowest BCUT2D eigenvalue weighted by molar-refractivity contribution is 0.619. The number of rotatable bonds is 2. The maximum atomic E-state index is 13.2. The normalized spacial score (nSPS) is 15.9. The molecule has 0 saturated heterocycles. The van der Waals surface area contributed by atoms with E-state index in [1.807, 2.05) is 0 Å². The highest BCUT2D eigenvalue weighted by Gasteiger charge is 2.12. The molecule has 1 aliphatic rings. The zero-order valence-corrected chi connectivity index (χ0v) is 8.76. The summed E-state index contributed by atoms with van der Waals surface area (Å²) < 4.78 is 13.2. The van der Waals surface area contributed by atoms with Crippen LogP contribution in [0.4, 0.5) is 15.8 Å². The largest absolute Gasteiger partial charge is 0.397 e. The molecule has 0 fully saturated rings. The van der Waals surface area contributed by atoms with Crippen molar-refractivity contribution in [1.29, 1.82) is 0 Å². The standard InChI is InChI=1S/C12H15FN2/c1-8-6-12(11(14)7-10(8)13)15-9-4-2-3-5-9/h2-3,6-7,9,15H,4-5,14H2,1H3. The van der Waals surface area contributed by atoms with E-state index in [2.05, 4.69) is 17.5 Å². The van der Waals surface area contributed by atoms with Gasteiger partial charge in [0.25, 0.3) is 0 Å². The van der Waals surface area contributed by atoms with Crippen LogP contribution < -0.4 is 11.1 Å². The number of nitrogen functional groups attached to an aromatic ring is 1. The van der Waals surface area contributed by atoms with Crippen LogP contribution in [0, 0.1) is 12.7 Å². The predicted octanol–water partition coefficient (Wildman–Crippen LogP) is 2.85. The van der Waals surface area contributed by atoms with E-state index in [1.54, 1.807) is 13.0 Å². The first-order valence-corrected chi connectivity index (χ1v) is 5.14. The zero-order chi connectivity index (χ0) is 10.8. The second-order valence-corrected chi connectivity index (χ2v) is 3.97. The van der Waals surface area contributed by atoms with Gasteiger partial charge >= 0.3 is 0 Å². The molecule has 3 N–H and O–H groups in total. The average molecular weight is 206 g/mol. The fourth-order valence-corrected chi connectivity index (χ4v) is 1.78. The van der Waals surface area contributed by atoms with E-state index in [-0.39, 0.29) is 5.82 Å². The number of benzene rings is 1. The summed E-state index contributed by atoms with van der Waals surface area (Å²) in [7, 11) is 0. The Hall–Kier alpha value is -1.51. The number of aryl methyl sites for hydroxylation is 1. The molecule has 2 rings (SSSR count). The molecule has 0 heterocycles. The molecule has 0 bridgehead atoms. The molecule has 0 amide bonds. The molecule has 0 radical (unpaired) electrons. The van der Waals surface area contributed by atoms with Crippen LogP contribution in [0.1, 0.15) is 18.4 Å². The summed E-state index contributed by atoms with van der Waals surface area (Å²) in [5.74, 6) is -0.248. The summed E-state index contributed by atoms with van der Waals surface area (Å²) in [6.07, 6.45) is 6.31. The monoisotopic (exact) mass is 206 g/mol. The Morgan fingerprint density at radius 2 is 2.00 bits per heavy atom. The fraction of sp³-hybridized carbons (Fsp3) is 0.333. The molecule has 0 aliphatic heterocycles. The number of nitrogens with one attached hydrogen (secondary N) is 1. The molecular formula is C12H15FN2. The third-order valence-electron chi connectivity index (χ3n) is 2.70. The van der Waals surface area contributed by atoms with Crippen molar-refractivity contribution in [2.75, 3.05) is 11.1 Å². The number of anilines is 2. The second kappa shape index (κ2) is 3.93. The molecule has 0 saturated carbocycles. The fourth-order valence-electron chi connectivity index (χ4n) is 1.78. The summed E-state index contributed by atoms with van der Waals surface area (Å²) in [6.45, 7) is 1.74. The number of hydrogen-bond donors (Lipinski definition) is 2. The van der Waals surface area contributed by atoms with Gasteiger partial charge in [0.2, 0.25) is 0 Å². The van der Waals surface area contributed by atoms with Gasteiger partial charge < -0.3 is 11.1 Å². The number of nitrogens with two attached hydrogens (primary N) is 1. The third kappa shape index (κ3) is 2.12. The van der Waals surface area contributed by atoms with Crippen molar-refractivity contribution in [3.63, 3.8) is 0 Å². The van der Waals surface area contributed by atoms with Crippen molar-refractivity contribution < 1.29 is 4.39 Å². The smallest absolute Gasteiger partial charge is 0.128 e. The molecule has 0 aromatic heterocycles. The molecule has 3 heteroatoms. The molecule has 0 spiro atoms. The Kier molecular flexibility index (Phi) is 2.62. The highest BCUT2D eigenvalue weighted by atomic mass is 19.1. The van der Waals surface area contributed by atoms with Gasteiger partial charge in [0.15, 0.2) is 0 Å². The number of halogens is 1. The molecule has 1 aromatic rings. The van der Waals surface area contributed by atoms with Crippen molar-refractivity contribution in [3.8, 4) is 0 Å². The Balaban J connectivity index is 2.17. The Bertz CT molecular complexity index is 391. The van der Waals surface area contributed by atoms with Crippen LogP contribution in [0.2, 0.25) is 0 Å². The number of hydrogen-bond acceptors (Lipinski definition) is 2. The van der Waals surface area contributed by atoms with E-state index in [1.165, 1.54) is 6.07 Å². The van der Waals surface area contributed by atoms with Gasteiger partial charge in [-0.3, -0.25) is 0 Å². The highest BCUT2D eigenvalue weighted by molar-refractivity contribution is 5.67. The maximum absolute atomic E-state index is 13.2. The zero-order valence-electron chi connectivity index (χ0n) is 8.76. The van der Waals surface area contributed by atoms with Crippen LogP contribution in [0.25, 0.3) is 0 Å². The third-order valence-corrected chi connectivity index (χ3v) is 2.70. The van der Waals surface area contributed by atoms with Gasteiger partial charge in [0.1, 0.15) is 5.82 Å². The van der Waals surface area contributed by atoms with Crippen LogP contribution in [-0.4, -0.2) is 6.04 Å². The first-order valence-electron chi connectivity index (χ1n) is 5.14. The quantitative estimate of drug-likeness (QED) is 0.576. The Morgan fingerprint density at radius 3 is 2.67 bits per heavy atom. The molecule has 0 unspecified atom stereocenters. The molecule has 80 valence electrons.